The molecule has 4 aromatic rings. The lowest BCUT2D eigenvalue weighted by atomic mass is 10.2. The Balaban J connectivity index is 1.74. The van der Waals surface area contributed by atoms with Crippen molar-refractivity contribution in [3.63, 3.8) is 0 Å². The quantitative estimate of drug-likeness (QED) is 0.349. The zero-order chi connectivity index (χ0) is 27.1. The molecule has 2 aromatic carbocycles. The highest BCUT2D eigenvalue weighted by molar-refractivity contribution is 5.32. The molecule has 2 heterocycles. The van der Waals surface area contributed by atoms with Gasteiger partial charge in [-0.25, -0.2) is 19.1 Å². The van der Waals surface area contributed by atoms with Gasteiger partial charge in [0.05, 0.1) is 27.3 Å². The minimum Gasteiger partial charge on any atom is -0.497 e. The number of aryl methyl sites for hydroxylation is 1. The second-order valence-corrected chi connectivity index (χ2v) is 8.50. The van der Waals surface area contributed by atoms with Crippen molar-refractivity contribution in [2.75, 3.05) is 19.5 Å². The SMILES string of the molecule is C=CN=c1c(CNc2nc(=O)n(Cc3ccc(OC)cc3)c(=O)n2Cc2ccc(OC)cc2)cccn1C. The molecular weight excluding hydrogens is 484 g/mol. The smallest absolute Gasteiger partial charge is 0.355 e. The average Bonchev–Trinajstić information content (AvgIpc) is 2.94. The van der Waals surface area contributed by atoms with E-state index >= 15 is 0 Å². The second kappa shape index (κ2) is 11.9. The Labute approximate surface area is 219 Å². The second-order valence-electron chi connectivity index (χ2n) is 8.50. The first-order valence-corrected chi connectivity index (χ1v) is 11.9. The number of aromatic nitrogens is 4. The molecule has 0 spiro atoms. The van der Waals surface area contributed by atoms with Crippen LogP contribution >= 0.6 is 0 Å². The summed E-state index contributed by atoms with van der Waals surface area (Å²) in [7, 11) is 5.05. The van der Waals surface area contributed by atoms with Crippen LogP contribution < -0.4 is 31.7 Å². The molecule has 0 saturated heterocycles. The van der Waals surface area contributed by atoms with Gasteiger partial charge in [-0.3, -0.25) is 4.57 Å². The molecule has 0 atom stereocenters. The summed E-state index contributed by atoms with van der Waals surface area (Å²) < 4.78 is 14.9. The molecule has 0 saturated carbocycles. The zero-order valence-corrected chi connectivity index (χ0v) is 21.6. The predicted molar refractivity (Wildman–Crippen MR) is 145 cm³/mol. The predicted octanol–water partition coefficient (Wildman–Crippen LogP) is 2.51. The lowest BCUT2D eigenvalue weighted by Gasteiger charge is -2.16. The molecule has 0 aliphatic carbocycles. The highest BCUT2D eigenvalue weighted by atomic mass is 16.5. The Kier molecular flexibility index (Phi) is 8.22. The molecule has 196 valence electrons. The van der Waals surface area contributed by atoms with E-state index in [9.17, 15) is 9.59 Å². The van der Waals surface area contributed by atoms with Crippen LogP contribution in [0.15, 0.2) is 94.2 Å². The summed E-state index contributed by atoms with van der Waals surface area (Å²) in [6.07, 6.45) is 3.35. The van der Waals surface area contributed by atoms with Crippen LogP contribution in [-0.2, 0) is 26.7 Å². The van der Waals surface area contributed by atoms with Gasteiger partial charge < -0.3 is 19.4 Å². The van der Waals surface area contributed by atoms with Crippen molar-refractivity contribution in [3.8, 4) is 11.5 Å². The van der Waals surface area contributed by atoms with Crippen LogP contribution in [0.25, 0.3) is 0 Å². The topological polar surface area (TPSA) is 105 Å². The Morgan fingerprint density at radius 2 is 1.50 bits per heavy atom. The fourth-order valence-corrected chi connectivity index (χ4v) is 4.00. The van der Waals surface area contributed by atoms with Crippen molar-refractivity contribution in [2.24, 2.45) is 12.0 Å². The van der Waals surface area contributed by atoms with E-state index in [-0.39, 0.29) is 19.0 Å². The van der Waals surface area contributed by atoms with Crippen LogP contribution in [0.4, 0.5) is 5.95 Å². The largest absolute Gasteiger partial charge is 0.497 e. The molecule has 10 heteroatoms. The van der Waals surface area contributed by atoms with Crippen LogP contribution in [0.5, 0.6) is 11.5 Å². The minimum atomic E-state index is -0.645. The molecule has 0 amide bonds. The maximum Gasteiger partial charge on any atom is 0.355 e. The summed E-state index contributed by atoms with van der Waals surface area (Å²) in [4.78, 5) is 35.3. The third-order valence-corrected chi connectivity index (χ3v) is 6.03. The van der Waals surface area contributed by atoms with Crippen molar-refractivity contribution in [1.29, 1.82) is 0 Å². The maximum atomic E-state index is 13.7. The summed E-state index contributed by atoms with van der Waals surface area (Å²) >= 11 is 0. The summed E-state index contributed by atoms with van der Waals surface area (Å²) in [6, 6.07) is 18.4. The summed E-state index contributed by atoms with van der Waals surface area (Å²) in [5.74, 6) is 1.56. The number of methoxy groups -OCH3 is 2. The summed E-state index contributed by atoms with van der Waals surface area (Å²) in [5.41, 5.74) is 2.05. The standard InChI is InChI=1S/C28H30N6O4/c1-5-29-25-22(7-6-16-32(25)2)17-30-26-31-27(35)34(19-21-10-14-24(38-4)15-11-21)28(36)33(26)18-20-8-12-23(37-3)13-9-20/h5-16H,1,17-19H2,2-4H3,(H,30,31,35). The molecule has 4 rings (SSSR count). The van der Waals surface area contributed by atoms with Crippen LogP contribution in [0, 0.1) is 0 Å². The summed E-state index contributed by atoms with van der Waals surface area (Å²) in [6.45, 7) is 4.26. The van der Waals surface area contributed by atoms with Gasteiger partial charge in [0, 0.05) is 31.6 Å². The molecule has 0 radical (unpaired) electrons. The van der Waals surface area contributed by atoms with Crippen LogP contribution in [0.2, 0.25) is 0 Å². The van der Waals surface area contributed by atoms with Crippen molar-refractivity contribution >= 4 is 5.95 Å². The fourth-order valence-electron chi connectivity index (χ4n) is 4.00. The van der Waals surface area contributed by atoms with Gasteiger partial charge in [0.15, 0.2) is 0 Å². The van der Waals surface area contributed by atoms with E-state index in [1.54, 1.807) is 26.4 Å². The van der Waals surface area contributed by atoms with Crippen LogP contribution in [0.1, 0.15) is 16.7 Å². The lowest BCUT2D eigenvalue weighted by molar-refractivity contribution is 0.414. The number of rotatable bonds is 10. The van der Waals surface area contributed by atoms with E-state index in [4.69, 9.17) is 9.47 Å². The molecule has 10 nitrogen and oxygen atoms in total. The highest BCUT2D eigenvalue weighted by Gasteiger charge is 2.15. The number of pyridine rings is 1. The molecule has 0 aliphatic rings. The van der Waals surface area contributed by atoms with Gasteiger partial charge in [-0.1, -0.05) is 36.9 Å². The van der Waals surface area contributed by atoms with Gasteiger partial charge in [0.1, 0.15) is 17.0 Å². The minimum absolute atomic E-state index is 0.0778. The monoisotopic (exact) mass is 514 g/mol. The average molecular weight is 515 g/mol. The first kappa shape index (κ1) is 26.2. The molecule has 0 aliphatic heterocycles. The number of hydrogen-bond donors (Lipinski definition) is 1. The molecule has 38 heavy (non-hydrogen) atoms. The van der Waals surface area contributed by atoms with Gasteiger partial charge in [-0.05, 0) is 41.5 Å². The van der Waals surface area contributed by atoms with E-state index in [0.717, 1.165) is 21.3 Å². The first-order valence-electron chi connectivity index (χ1n) is 11.9. The highest BCUT2D eigenvalue weighted by Crippen LogP contribution is 2.14. The van der Waals surface area contributed by atoms with E-state index in [2.05, 4.69) is 21.9 Å². The van der Waals surface area contributed by atoms with E-state index in [1.165, 1.54) is 10.8 Å². The van der Waals surface area contributed by atoms with Gasteiger partial charge in [0.25, 0.3) is 0 Å². The van der Waals surface area contributed by atoms with E-state index in [1.807, 2.05) is 66.3 Å². The van der Waals surface area contributed by atoms with E-state index in [0.29, 0.717) is 23.5 Å². The Hall–Kier alpha value is -4.86. The Bertz CT molecular complexity index is 1600. The van der Waals surface area contributed by atoms with E-state index < -0.39 is 11.4 Å². The molecule has 0 bridgehead atoms. The Morgan fingerprint density at radius 3 is 2.05 bits per heavy atom. The van der Waals surface area contributed by atoms with Crippen LogP contribution in [0.3, 0.4) is 0 Å². The van der Waals surface area contributed by atoms with Crippen molar-refractivity contribution in [1.82, 2.24) is 18.7 Å². The number of nitrogens with one attached hydrogen (secondary N) is 1. The first-order chi connectivity index (χ1) is 18.4. The lowest BCUT2D eigenvalue weighted by Crippen LogP contribution is -2.43. The van der Waals surface area contributed by atoms with Crippen molar-refractivity contribution < 1.29 is 9.47 Å². The fraction of sp³-hybridized carbons (Fsp3) is 0.214. The van der Waals surface area contributed by atoms with Gasteiger partial charge >= 0.3 is 11.4 Å². The number of benzene rings is 2. The third-order valence-electron chi connectivity index (χ3n) is 6.03. The number of nitrogens with zero attached hydrogens (tertiary/aromatic N) is 5. The van der Waals surface area contributed by atoms with Gasteiger partial charge in [0.2, 0.25) is 5.95 Å². The summed E-state index contributed by atoms with van der Waals surface area (Å²) in [5, 5.41) is 3.18. The number of anilines is 1. The molecule has 0 unspecified atom stereocenters. The molecular formula is C28H30N6O4. The Morgan fingerprint density at radius 1 is 0.921 bits per heavy atom. The molecule has 0 fully saturated rings. The van der Waals surface area contributed by atoms with Crippen LogP contribution in [-0.4, -0.2) is 32.9 Å². The number of ether oxygens (including phenoxy) is 2. The van der Waals surface area contributed by atoms with Crippen molar-refractivity contribution in [3.05, 3.63) is 123 Å². The maximum absolute atomic E-state index is 13.7. The number of hydrogen-bond acceptors (Lipinski definition) is 7. The molecule has 2 aromatic heterocycles. The van der Waals surface area contributed by atoms with Gasteiger partial charge in [-0.15, -0.1) is 0 Å². The van der Waals surface area contributed by atoms with Crippen molar-refractivity contribution in [2.45, 2.75) is 19.6 Å². The third kappa shape index (κ3) is 5.92. The normalized spacial score (nSPS) is 11.3. The zero-order valence-electron chi connectivity index (χ0n) is 21.6. The van der Waals surface area contributed by atoms with Gasteiger partial charge in [-0.2, -0.15) is 4.98 Å². The molecule has 1 N–H and O–H groups in total.